The highest BCUT2D eigenvalue weighted by atomic mass is 35.5. The molecule has 1 amide bonds. The molecule has 6 rings (SSSR count). The summed E-state index contributed by atoms with van der Waals surface area (Å²) in [5, 5.41) is 7.01. The number of ether oxygens (including phenoxy) is 1. The monoisotopic (exact) mass is 502 g/mol. The lowest BCUT2D eigenvalue weighted by Gasteiger charge is -2.10. The smallest absolute Gasteiger partial charge is 0.263 e. The quantitative estimate of drug-likeness (QED) is 0.396. The van der Waals surface area contributed by atoms with Crippen molar-refractivity contribution in [3.8, 4) is 11.8 Å². The lowest BCUT2D eigenvalue weighted by Crippen LogP contribution is -2.34. The molecule has 2 aliphatic rings. The van der Waals surface area contributed by atoms with Crippen LogP contribution in [0, 0.1) is 0 Å². The number of fused-ring (bicyclic) bond motifs is 6. The molecule has 0 saturated heterocycles. The fourth-order valence-electron chi connectivity index (χ4n) is 4.05. The van der Waals surface area contributed by atoms with E-state index in [-0.39, 0.29) is 46.1 Å². The van der Waals surface area contributed by atoms with Crippen LogP contribution in [0.15, 0.2) is 23.2 Å². The number of carbonyl (C=O) groups is 1. The Morgan fingerprint density at radius 3 is 2.94 bits per heavy atom. The van der Waals surface area contributed by atoms with E-state index < -0.39 is 9.84 Å². The molecule has 1 atom stereocenters. The summed E-state index contributed by atoms with van der Waals surface area (Å²) in [5.74, 6) is -0.284. The molecule has 10 nitrogen and oxygen atoms in total. The largest absolute Gasteiger partial charge is 0.417 e. The zero-order valence-corrected chi connectivity index (χ0v) is 19.4. The fraction of sp³-hybridized carbons (Fsp3) is 0.250. The number of aryl methyl sites for hydroxylation is 1. The maximum absolute atomic E-state index is 12.6. The first kappa shape index (κ1) is 20.5. The Morgan fingerprint density at radius 2 is 2.09 bits per heavy atom. The normalized spacial score (nSPS) is 19.0. The molecule has 13 heteroatoms. The molecular formula is C20H15ClN6O4S2. The van der Waals surface area contributed by atoms with Crippen molar-refractivity contribution in [2.75, 3.05) is 17.6 Å². The molecule has 5 heterocycles. The van der Waals surface area contributed by atoms with Crippen LogP contribution in [0.3, 0.4) is 0 Å². The topological polar surface area (TPSA) is 136 Å². The van der Waals surface area contributed by atoms with E-state index in [1.165, 1.54) is 17.5 Å². The summed E-state index contributed by atoms with van der Waals surface area (Å²) in [4.78, 5) is 30.1. The second kappa shape index (κ2) is 7.20. The molecule has 0 spiro atoms. The third kappa shape index (κ3) is 3.28. The average molecular weight is 503 g/mol. The van der Waals surface area contributed by atoms with Crippen LogP contribution in [0.4, 0.5) is 5.69 Å². The van der Waals surface area contributed by atoms with Gasteiger partial charge < -0.3 is 15.4 Å². The molecule has 4 aromatic rings. The zero-order valence-electron chi connectivity index (χ0n) is 17.0. The summed E-state index contributed by atoms with van der Waals surface area (Å²) in [6.45, 7) is 2.52. The molecule has 2 aliphatic heterocycles. The van der Waals surface area contributed by atoms with Crippen molar-refractivity contribution in [2.24, 2.45) is 0 Å². The van der Waals surface area contributed by atoms with Gasteiger partial charge in [0.15, 0.2) is 14.7 Å². The van der Waals surface area contributed by atoms with E-state index in [2.05, 4.69) is 30.6 Å². The van der Waals surface area contributed by atoms with Gasteiger partial charge in [0.1, 0.15) is 4.88 Å². The van der Waals surface area contributed by atoms with Gasteiger partial charge in [-0.1, -0.05) is 0 Å². The first-order chi connectivity index (χ1) is 15.8. The maximum Gasteiger partial charge on any atom is 0.263 e. The number of amides is 1. The molecule has 2 N–H and O–H groups in total. The fourth-order valence-corrected chi connectivity index (χ4v) is 6.84. The number of thiophene rings is 1. The summed E-state index contributed by atoms with van der Waals surface area (Å²) in [6.07, 6.45) is 1.65. The predicted molar refractivity (Wildman–Crippen MR) is 123 cm³/mol. The van der Waals surface area contributed by atoms with Crippen LogP contribution < -0.4 is 15.4 Å². The number of carbonyl (C=O) groups excluding carboxylic acids is 1. The van der Waals surface area contributed by atoms with E-state index in [0.717, 1.165) is 15.8 Å². The molecule has 33 heavy (non-hydrogen) atoms. The number of nitrogens with zero attached hydrogens (tertiary/aromatic N) is 4. The molecule has 168 valence electrons. The van der Waals surface area contributed by atoms with Gasteiger partial charge in [-0.3, -0.25) is 4.79 Å². The van der Waals surface area contributed by atoms with Crippen LogP contribution in [0.5, 0.6) is 11.8 Å². The molecule has 1 unspecified atom stereocenters. The first-order valence-corrected chi connectivity index (χ1v) is 12.9. The van der Waals surface area contributed by atoms with Gasteiger partial charge in [-0.15, -0.1) is 11.3 Å². The summed E-state index contributed by atoms with van der Waals surface area (Å²) < 4.78 is 31.5. The van der Waals surface area contributed by atoms with Crippen molar-refractivity contribution in [1.29, 1.82) is 0 Å². The Hall–Kier alpha value is -3.09. The second-order valence-electron chi connectivity index (χ2n) is 7.82. The van der Waals surface area contributed by atoms with Gasteiger partial charge in [-0.2, -0.15) is 4.98 Å². The lowest BCUT2D eigenvalue weighted by atomic mass is 10.1. The molecule has 0 bridgehead atoms. The lowest BCUT2D eigenvalue weighted by molar-refractivity contribution is 0.0949. The Balaban J connectivity index is 1.46. The Labute approximate surface area is 196 Å². The number of aromatic nitrogens is 4. The van der Waals surface area contributed by atoms with Gasteiger partial charge in [-0.05, 0) is 30.7 Å². The third-order valence-electron chi connectivity index (χ3n) is 5.51. The highest BCUT2D eigenvalue weighted by molar-refractivity contribution is 7.91. The number of nitrogens with one attached hydrogen (secondary N) is 2. The first-order valence-electron chi connectivity index (χ1n) is 10.0. The van der Waals surface area contributed by atoms with Crippen molar-refractivity contribution >= 4 is 65.5 Å². The highest BCUT2D eigenvalue weighted by Crippen LogP contribution is 2.41. The Kier molecular flexibility index (Phi) is 4.48. The number of rotatable bonds is 2. The minimum absolute atomic E-state index is 0.00842. The summed E-state index contributed by atoms with van der Waals surface area (Å²) >= 11 is 7.35. The molecule has 0 saturated carbocycles. The molecule has 0 radical (unpaired) electrons. The second-order valence-corrected chi connectivity index (χ2v) is 11.3. The van der Waals surface area contributed by atoms with Crippen LogP contribution in [-0.2, 0) is 16.3 Å². The van der Waals surface area contributed by atoms with Gasteiger partial charge in [0, 0.05) is 29.1 Å². The number of hydrogen-bond acceptors (Lipinski definition) is 10. The van der Waals surface area contributed by atoms with Crippen molar-refractivity contribution in [1.82, 2.24) is 25.3 Å². The van der Waals surface area contributed by atoms with Crippen LogP contribution >= 0.6 is 22.9 Å². The van der Waals surface area contributed by atoms with Gasteiger partial charge >= 0.3 is 0 Å². The molecular weight excluding hydrogens is 488 g/mol. The van der Waals surface area contributed by atoms with Crippen molar-refractivity contribution in [3.63, 3.8) is 0 Å². The number of halogens is 1. The average Bonchev–Trinajstić information content (AvgIpc) is 3.24. The zero-order chi connectivity index (χ0) is 22.9. The molecule has 0 fully saturated rings. The van der Waals surface area contributed by atoms with Crippen molar-refractivity contribution in [2.45, 2.75) is 24.3 Å². The van der Waals surface area contributed by atoms with Gasteiger partial charge in [-0.25, -0.2) is 23.4 Å². The maximum atomic E-state index is 12.6. The number of benzene rings is 1. The molecule has 0 aliphatic carbocycles. The summed E-state index contributed by atoms with van der Waals surface area (Å²) in [6, 6.07) is 3.64. The Bertz CT molecular complexity index is 1600. The van der Waals surface area contributed by atoms with E-state index in [1.54, 1.807) is 6.07 Å². The minimum atomic E-state index is -3.56. The van der Waals surface area contributed by atoms with Crippen molar-refractivity contribution in [3.05, 3.63) is 34.2 Å². The summed E-state index contributed by atoms with van der Waals surface area (Å²) in [7, 11) is -3.56. The predicted octanol–water partition coefficient (Wildman–Crippen LogP) is 2.95. The van der Waals surface area contributed by atoms with Crippen LogP contribution in [-0.4, -0.2) is 52.6 Å². The Morgan fingerprint density at radius 1 is 1.24 bits per heavy atom. The van der Waals surface area contributed by atoms with E-state index in [0.29, 0.717) is 28.1 Å². The minimum Gasteiger partial charge on any atom is -0.417 e. The standard InChI is InChI=1S/C20H15ClN6O4S2/c1-8-6-22-15-13-11(32-16(15)18(28)24-8)3-2-9-14(13)23-7-12(25-9)31-19-17-10(26-20(21)27-19)4-5-33(17,29)30/h2-3,7-8,22H,4-6H2,1H3,(H,24,28). The molecule has 1 aromatic carbocycles. The van der Waals surface area contributed by atoms with E-state index in [9.17, 15) is 13.2 Å². The number of hydrogen-bond donors (Lipinski definition) is 2. The van der Waals surface area contributed by atoms with Crippen LogP contribution in [0.25, 0.3) is 21.1 Å². The molecule has 3 aromatic heterocycles. The van der Waals surface area contributed by atoms with Crippen LogP contribution in [0.1, 0.15) is 22.3 Å². The van der Waals surface area contributed by atoms with E-state index >= 15 is 0 Å². The van der Waals surface area contributed by atoms with Crippen molar-refractivity contribution < 1.29 is 17.9 Å². The third-order valence-corrected chi connectivity index (χ3v) is 8.60. The van der Waals surface area contributed by atoms with Gasteiger partial charge in [0.2, 0.25) is 17.0 Å². The van der Waals surface area contributed by atoms with E-state index in [1.807, 2.05) is 13.0 Å². The van der Waals surface area contributed by atoms with Gasteiger partial charge in [0.05, 0.1) is 34.4 Å². The number of anilines is 1. The SMILES string of the molecule is CC1CNc2c(sc3ccc4nc(Oc5nc(Cl)nc6c5S(=O)(=O)CC6)cnc4c23)C(=O)N1. The number of sulfone groups is 1. The van der Waals surface area contributed by atoms with Gasteiger partial charge in [0.25, 0.3) is 5.91 Å². The highest BCUT2D eigenvalue weighted by Gasteiger charge is 2.34. The summed E-state index contributed by atoms with van der Waals surface area (Å²) in [5.41, 5.74) is 2.20. The van der Waals surface area contributed by atoms with E-state index in [4.69, 9.17) is 16.3 Å². The van der Waals surface area contributed by atoms with Crippen LogP contribution in [0.2, 0.25) is 5.28 Å².